The second kappa shape index (κ2) is 11.1. The Morgan fingerprint density at radius 1 is 0.972 bits per heavy atom. The van der Waals surface area contributed by atoms with Gasteiger partial charge in [0.25, 0.3) is 0 Å². The molecule has 186 valence electrons. The van der Waals surface area contributed by atoms with E-state index in [1.54, 1.807) is 11.8 Å². The average molecular weight is 501 g/mol. The molecule has 5 rings (SSSR count). The smallest absolute Gasteiger partial charge is 0.233 e. The summed E-state index contributed by atoms with van der Waals surface area (Å²) >= 11 is 1.60. The number of hydrogen-bond donors (Lipinski definition) is 0. The molecular formula is C28H32N6OS. The molecule has 3 heterocycles. The third kappa shape index (κ3) is 5.23. The molecule has 4 aromatic rings. The first-order valence-electron chi connectivity index (χ1n) is 12.7. The Morgan fingerprint density at radius 2 is 1.67 bits per heavy atom. The summed E-state index contributed by atoms with van der Waals surface area (Å²) in [4.78, 5) is 28.3. The van der Waals surface area contributed by atoms with Crippen molar-refractivity contribution in [1.82, 2.24) is 24.6 Å². The van der Waals surface area contributed by atoms with Crippen molar-refractivity contribution in [2.45, 2.75) is 37.5 Å². The van der Waals surface area contributed by atoms with Gasteiger partial charge in [-0.15, -0.1) is 11.8 Å². The molecule has 0 aliphatic carbocycles. The van der Waals surface area contributed by atoms with Crippen LogP contribution >= 0.6 is 11.8 Å². The third-order valence-corrected chi connectivity index (χ3v) is 7.62. The monoisotopic (exact) mass is 500 g/mol. The summed E-state index contributed by atoms with van der Waals surface area (Å²) in [5, 5.41) is 5.63. The number of hydrogen-bond acceptors (Lipinski definition) is 6. The Balaban J connectivity index is 1.36. The zero-order valence-corrected chi connectivity index (χ0v) is 21.7. The quantitative estimate of drug-likeness (QED) is 0.311. The van der Waals surface area contributed by atoms with Gasteiger partial charge in [0, 0.05) is 37.0 Å². The minimum absolute atomic E-state index is 0.186. The molecule has 1 aliphatic heterocycles. The number of aromatic nitrogens is 4. The van der Waals surface area contributed by atoms with Crippen molar-refractivity contribution in [3.63, 3.8) is 0 Å². The van der Waals surface area contributed by atoms with E-state index in [4.69, 9.17) is 9.97 Å². The number of carbonyl (C=O) groups is 1. The fraction of sp³-hybridized carbons (Fsp3) is 0.357. The van der Waals surface area contributed by atoms with Gasteiger partial charge in [0.2, 0.25) is 5.91 Å². The lowest BCUT2D eigenvalue weighted by Gasteiger charge is -2.35. The van der Waals surface area contributed by atoms with Crippen molar-refractivity contribution in [2.75, 3.05) is 36.8 Å². The van der Waals surface area contributed by atoms with Crippen LogP contribution < -0.4 is 4.90 Å². The molecule has 1 aliphatic rings. The first-order chi connectivity index (χ1) is 17.6. The van der Waals surface area contributed by atoms with Crippen LogP contribution in [0.3, 0.4) is 0 Å². The SMILES string of the molecule is CCC[C@@H](C)c1nc(N2CCN(C(=O)CSc3ccccc3)CC2)c2cnn(-c3ccccc3)c2n1. The van der Waals surface area contributed by atoms with Gasteiger partial charge in [-0.25, -0.2) is 14.6 Å². The zero-order valence-electron chi connectivity index (χ0n) is 20.9. The summed E-state index contributed by atoms with van der Waals surface area (Å²) in [5.74, 6) is 2.69. The second-order valence-corrected chi connectivity index (χ2v) is 10.2. The molecule has 8 heteroatoms. The van der Waals surface area contributed by atoms with Gasteiger partial charge in [-0.3, -0.25) is 4.79 Å². The lowest BCUT2D eigenvalue weighted by molar-refractivity contribution is -0.128. The predicted octanol–water partition coefficient (Wildman–Crippen LogP) is 5.16. The molecule has 0 saturated carbocycles. The minimum atomic E-state index is 0.186. The maximum Gasteiger partial charge on any atom is 0.233 e. The van der Waals surface area contributed by atoms with Gasteiger partial charge in [-0.1, -0.05) is 56.7 Å². The van der Waals surface area contributed by atoms with Crippen LogP contribution in [0.2, 0.25) is 0 Å². The van der Waals surface area contributed by atoms with Crippen molar-refractivity contribution in [3.05, 3.63) is 72.7 Å². The number of fused-ring (bicyclic) bond motifs is 1. The summed E-state index contributed by atoms with van der Waals surface area (Å²) in [6, 6.07) is 20.2. The minimum Gasteiger partial charge on any atom is -0.352 e. The molecule has 0 bridgehead atoms. The number of amides is 1. The lowest BCUT2D eigenvalue weighted by Crippen LogP contribution is -2.49. The Hall–Kier alpha value is -3.39. The number of piperazine rings is 1. The van der Waals surface area contributed by atoms with E-state index in [-0.39, 0.29) is 11.8 Å². The molecular weight excluding hydrogens is 468 g/mol. The maximum absolute atomic E-state index is 12.9. The largest absolute Gasteiger partial charge is 0.352 e. The van der Waals surface area contributed by atoms with Crippen LogP contribution in [0, 0.1) is 0 Å². The molecule has 36 heavy (non-hydrogen) atoms. The van der Waals surface area contributed by atoms with Gasteiger partial charge < -0.3 is 9.80 Å². The van der Waals surface area contributed by atoms with E-state index >= 15 is 0 Å². The Bertz CT molecular complexity index is 1300. The number of rotatable bonds is 8. The fourth-order valence-corrected chi connectivity index (χ4v) is 5.43. The van der Waals surface area contributed by atoms with Crippen molar-refractivity contribution < 1.29 is 4.79 Å². The molecule has 1 atom stereocenters. The van der Waals surface area contributed by atoms with Gasteiger partial charge >= 0.3 is 0 Å². The van der Waals surface area contributed by atoms with Crippen LogP contribution in [-0.2, 0) is 4.79 Å². The molecule has 2 aromatic carbocycles. The molecule has 0 radical (unpaired) electrons. The lowest BCUT2D eigenvalue weighted by atomic mass is 10.1. The second-order valence-electron chi connectivity index (χ2n) is 9.19. The highest BCUT2D eigenvalue weighted by Crippen LogP contribution is 2.30. The number of carbonyl (C=O) groups excluding carboxylic acids is 1. The van der Waals surface area contributed by atoms with Crippen LogP contribution in [0.15, 0.2) is 71.8 Å². The van der Waals surface area contributed by atoms with E-state index in [2.05, 4.69) is 23.8 Å². The fourth-order valence-electron chi connectivity index (χ4n) is 4.61. The number of benzene rings is 2. The molecule has 0 unspecified atom stereocenters. The van der Waals surface area contributed by atoms with E-state index in [0.717, 1.165) is 59.2 Å². The maximum atomic E-state index is 12.9. The highest BCUT2D eigenvalue weighted by atomic mass is 32.2. The molecule has 0 spiro atoms. The molecule has 1 saturated heterocycles. The summed E-state index contributed by atoms with van der Waals surface area (Å²) in [7, 11) is 0. The van der Waals surface area contributed by atoms with Crippen molar-refractivity contribution in [1.29, 1.82) is 0 Å². The van der Waals surface area contributed by atoms with Crippen LogP contribution in [0.5, 0.6) is 0 Å². The van der Waals surface area contributed by atoms with E-state index in [9.17, 15) is 4.79 Å². The average Bonchev–Trinajstić information content (AvgIpc) is 3.37. The highest BCUT2D eigenvalue weighted by Gasteiger charge is 2.26. The summed E-state index contributed by atoms with van der Waals surface area (Å²) in [6.45, 7) is 7.24. The predicted molar refractivity (Wildman–Crippen MR) is 146 cm³/mol. The molecule has 7 nitrogen and oxygen atoms in total. The van der Waals surface area contributed by atoms with E-state index in [1.807, 2.05) is 76.4 Å². The topological polar surface area (TPSA) is 67.2 Å². The van der Waals surface area contributed by atoms with Gasteiger partial charge in [-0.05, 0) is 30.7 Å². The zero-order chi connectivity index (χ0) is 24.9. The Kier molecular flexibility index (Phi) is 7.51. The first kappa shape index (κ1) is 24.3. The molecule has 2 aromatic heterocycles. The molecule has 1 amide bonds. The highest BCUT2D eigenvalue weighted by molar-refractivity contribution is 8.00. The number of thioether (sulfide) groups is 1. The van der Waals surface area contributed by atoms with Gasteiger partial charge in [0.05, 0.1) is 23.0 Å². The Morgan fingerprint density at radius 3 is 2.36 bits per heavy atom. The van der Waals surface area contributed by atoms with E-state index in [1.165, 1.54) is 0 Å². The first-order valence-corrected chi connectivity index (χ1v) is 13.6. The van der Waals surface area contributed by atoms with E-state index in [0.29, 0.717) is 18.8 Å². The van der Waals surface area contributed by atoms with Gasteiger partial charge in [0.1, 0.15) is 11.6 Å². The van der Waals surface area contributed by atoms with Crippen LogP contribution in [0.25, 0.3) is 16.7 Å². The molecule has 1 fully saturated rings. The van der Waals surface area contributed by atoms with Gasteiger partial charge in [-0.2, -0.15) is 5.10 Å². The van der Waals surface area contributed by atoms with Crippen LogP contribution in [0.1, 0.15) is 38.4 Å². The number of anilines is 1. The van der Waals surface area contributed by atoms with Crippen LogP contribution in [-0.4, -0.2) is 62.5 Å². The summed E-state index contributed by atoms with van der Waals surface area (Å²) in [6.07, 6.45) is 3.99. The standard InChI is InChI=1S/C28H32N6OS/c1-3-10-21(2)26-30-27(24-19-29-34(28(24)31-26)22-11-6-4-7-12-22)33-17-15-32(16-18-33)25(35)20-36-23-13-8-5-9-14-23/h4-9,11-14,19,21H,3,10,15-18,20H2,1-2H3/t21-/m1/s1. The van der Waals surface area contributed by atoms with Crippen LogP contribution in [0.4, 0.5) is 5.82 Å². The summed E-state index contributed by atoms with van der Waals surface area (Å²) < 4.78 is 1.91. The van der Waals surface area contributed by atoms with Crippen molar-refractivity contribution in [2.24, 2.45) is 0 Å². The Labute approximate surface area is 216 Å². The van der Waals surface area contributed by atoms with E-state index < -0.39 is 0 Å². The number of nitrogens with zero attached hydrogens (tertiary/aromatic N) is 6. The molecule has 0 N–H and O–H groups in total. The van der Waals surface area contributed by atoms with Gasteiger partial charge in [0.15, 0.2) is 5.65 Å². The summed E-state index contributed by atoms with van der Waals surface area (Å²) in [5.41, 5.74) is 1.82. The van der Waals surface area contributed by atoms with Crippen molar-refractivity contribution >= 4 is 34.5 Å². The normalized spacial score (nSPS) is 14.8. The van der Waals surface area contributed by atoms with Crippen molar-refractivity contribution in [3.8, 4) is 5.69 Å². The number of para-hydroxylation sites is 1. The third-order valence-electron chi connectivity index (χ3n) is 6.63.